The minimum atomic E-state index is -3.65. The number of carbonyl (C=O) groups excluding carboxylic acids is 1. The van der Waals surface area contributed by atoms with Crippen LogP contribution >= 0.6 is 0 Å². The van der Waals surface area contributed by atoms with Crippen LogP contribution in [0.4, 0.5) is 14.5 Å². The molecule has 1 aromatic carbocycles. The number of hydrogen-bond donors (Lipinski definition) is 2. The van der Waals surface area contributed by atoms with Crippen molar-refractivity contribution in [2.45, 2.75) is 19.6 Å². The zero-order valence-electron chi connectivity index (χ0n) is 11.5. The van der Waals surface area contributed by atoms with Crippen molar-refractivity contribution in [3.8, 4) is 11.5 Å². The Morgan fingerprint density at radius 3 is 2.86 bits per heavy atom. The van der Waals surface area contributed by atoms with E-state index in [-0.39, 0.29) is 23.3 Å². The van der Waals surface area contributed by atoms with E-state index in [2.05, 4.69) is 27.0 Å². The molecule has 5 nitrogen and oxygen atoms in total. The Kier molecular flexibility index (Phi) is 3.44. The summed E-state index contributed by atoms with van der Waals surface area (Å²) in [6.45, 7) is 3.61. The number of fused-ring (bicyclic) bond motifs is 1. The van der Waals surface area contributed by atoms with Gasteiger partial charge in [-0.3, -0.25) is 4.79 Å². The van der Waals surface area contributed by atoms with E-state index in [1.807, 2.05) is 0 Å². The predicted octanol–water partition coefficient (Wildman–Crippen LogP) is 2.19. The largest absolute Gasteiger partial charge is 0.586 e. The van der Waals surface area contributed by atoms with Crippen molar-refractivity contribution < 1.29 is 23.0 Å². The van der Waals surface area contributed by atoms with E-state index in [1.54, 1.807) is 0 Å². The van der Waals surface area contributed by atoms with Crippen molar-refractivity contribution in [1.29, 1.82) is 0 Å². The van der Waals surface area contributed by atoms with Gasteiger partial charge in [-0.1, -0.05) is 6.92 Å². The van der Waals surface area contributed by atoms with Crippen molar-refractivity contribution in [3.05, 3.63) is 18.2 Å². The second kappa shape index (κ2) is 5.14. The molecule has 21 heavy (non-hydrogen) atoms. The van der Waals surface area contributed by atoms with E-state index in [1.165, 1.54) is 18.2 Å². The molecule has 2 aliphatic rings. The number of benzene rings is 1. The fraction of sp³-hybridized carbons (Fsp3) is 0.500. The maximum atomic E-state index is 12.9. The number of hydrogen-bond acceptors (Lipinski definition) is 4. The van der Waals surface area contributed by atoms with Crippen molar-refractivity contribution in [1.82, 2.24) is 5.32 Å². The Bertz CT molecular complexity index is 565. The molecule has 0 spiro atoms. The van der Waals surface area contributed by atoms with Gasteiger partial charge in [0.2, 0.25) is 5.91 Å². The van der Waals surface area contributed by atoms with Gasteiger partial charge in [-0.25, -0.2) is 0 Å². The van der Waals surface area contributed by atoms with E-state index in [0.29, 0.717) is 18.2 Å². The van der Waals surface area contributed by atoms with Gasteiger partial charge in [0, 0.05) is 18.3 Å². The summed E-state index contributed by atoms with van der Waals surface area (Å²) in [5.74, 6) is 0.0733. The summed E-state index contributed by atoms with van der Waals surface area (Å²) in [6.07, 6.45) is -2.84. The maximum absolute atomic E-state index is 12.9. The molecule has 2 aliphatic heterocycles. The molecule has 0 aliphatic carbocycles. The molecule has 2 atom stereocenters. The summed E-state index contributed by atoms with van der Waals surface area (Å²) in [6, 6.07) is 4.21. The minimum absolute atomic E-state index is 0.0362. The van der Waals surface area contributed by atoms with E-state index in [0.717, 1.165) is 13.0 Å². The number of anilines is 1. The number of carbonyl (C=O) groups is 1. The van der Waals surface area contributed by atoms with Crippen LogP contribution in [-0.4, -0.2) is 25.3 Å². The predicted molar refractivity (Wildman–Crippen MR) is 71.4 cm³/mol. The second-order valence-electron chi connectivity index (χ2n) is 5.51. The number of amides is 1. The van der Waals surface area contributed by atoms with Gasteiger partial charge in [0.15, 0.2) is 11.5 Å². The number of ether oxygens (including phenoxy) is 2. The number of alkyl halides is 2. The van der Waals surface area contributed by atoms with Gasteiger partial charge in [-0.05, 0) is 31.0 Å². The van der Waals surface area contributed by atoms with Crippen LogP contribution in [-0.2, 0) is 4.79 Å². The average Bonchev–Trinajstić information content (AvgIpc) is 2.72. The first-order valence-corrected chi connectivity index (χ1v) is 6.84. The first-order valence-electron chi connectivity index (χ1n) is 6.84. The van der Waals surface area contributed by atoms with Crippen LogP contribution in [0.3, 0.4) is 0 Å². The molecular formula is C14H16F2N2O3. The SMILES string of the molecule is CC1CNCC(C(=O)Nc2ccc3c(c2)OC(F)(F)O3)C1. The molecule has 3 rings (SSSR count). The van der Waals surface area contributed by atoms with Crippen molar-refractivity contribution in [3.63, 3.8) is 0 Å². The highest BCUT2D eigenvalue weighted by atomic mass is 19.3. The third-order valence-corrected chi connectivity index (χ3v) is 3.61. The van der Waals surface area contributed by atoms with Crippen LogP contribution in [0.2, 0.25) is 0 Å². The summed E-state index contributed by atoms with van der Waals surface area (Å²) >= 11 is 0. The molecule has 1 saturated heterocycles. The number of nitrogens with one attached hydrogen (secondary N) is 2. The molecule has 0 radical (unpaired) electrons. The summed E-state index contributed by atoms with van der Waals surface area (Å²) in [5, 5.41) is 5.93. The lowest BCUT2D eigenvalue weighted by Crippen LogP contribution is -2.40. The topological polar surface area (TPSA) is 59.6 Å². The molecule has 1 aromatic rings. The monoisotopic (exact) mass is 298 g/mol. The van der Waals surface area contributed by atoms with E-state index < -0.39 is 6.29 Å². The van der Waals surface area contributed by atoms with E-state index in [9.17, 15) is 13.6 Å². The number of rotatable bonds is 2. The van der Waals surface area contributed by atoms with E-state index >= 15 is 0 Å². The molecule has 0 aromatic heterocycles. The third-order valence-electron chi connectivity index (χ3n) is 3.61. The lowest BCUT2D eigenvalue weighted by atomic mass is 9.91. The first kappa shape index (κ1) is 14.1. The second-order valence-corrected chi connectivity index (χ2v) is 5.51. The van der Waals surface area contributed by atoms with Crippen LogP contribution in [0.1, 0.15) is 13.3 Å². The highest BCUT2D eigenvalue weighted by Gasteiger charge is 2.43. The van der Waals surface area contributed by atoms with E-state index in [4.69, 9.17) is 0 Å². The van der Waals surface area contributed by atoms with Crippen LogP contribution in [0.25, 0.3) is 0 Å². The van der Waals surface area contributed by atoms with Crippen molar-refractivity contribution >= 4 is 11.6 Å². The maximum Gasteiger partial charge on any atom is 0.586 e. The Labute approximate surface area is 120 Å². The molecule has 0 bridgehead atoms. The van der Waals surface area contributed by atoms with Crippen molar-refractivity contribution in [2.24, 2.45) is 11.8 Å². The molecule has 2 heterocycles. The fourth-order valence-corrected chi connectivity index (χ4v) is 2.63. The van der Waals surface area contributed by atoms with Gasteiger partial charge in [-0.2, -0.15) is 0 Å². The Morgan fingerprint density at radius 2 is 2.10 bits per heavy atom. The number of halogens is 2. The molecule has 1 fully saturated rings. The highest BCUT2D eigenvalue weighted by Crippen LogP contribution is 2.42. The molecule has 2 N–H and O–H groups in total. The summed E-state index contributed by atoms with van der Waals surface area (Å²) in [4.78, 5) is 12.2. The minimum Gasteiger partial charge on any atom is -0.395 e. The molecular weight excluding hydrogens is 282 g/mol. The highest BCUT2D eigenvalue weighted by molar-refractivity contribution is 5.93. The van der Waals surface area contributed by atoms with Gasteiger partial charge in [-0.15, -0.1) is 8.78 Å². The zero-order chi connectivity index (χ0) is 15.0. The normalized spacial score (nSPS) is 26.4. The first-order chi connectivity index (χ1) is 9.93. The van der Waals surface area contributed by atoms with Gasteiger partial charge >= 0.3 is 6.29 Å². The van der Waals surface area contributed by atoms with Gasteiger partial charge < -0.3 is 20.1 Å². The Morgan fingerprint density at radius 1 is 1.33 bits per heavy atom. The summed E-state index contributed by atoms with van der Waals surface area (Å²) in [7, 11) is 0. The fourth-order valence-electron chi connectivity index (χ4n) is 2.63. The van der Waals surface area contributed by atoms with Gasteiger partial charge in [0.1, 0.15) is 0 Å². The lowest BCUT2D eigenvalue weighted by molar-refractivity contribution is -0.286. The third kappa shape index (κ3) is 3.07. The van der Waals surface area contributed by atoms with Crippen LogP contribution in [0.15, 0.2) is 18.2 Å². The molecule has 7 heteroatoms. The van der Waals surface area contributed by atoms with Gasteiger partial charge in [0.25, 0.3) is 0 Å². The standard InChI is InChI=1S/C14H16F2N2O3/c1-8-4-9(7-17-6-8)13(19)18-10-2-3-11-12(5-10)21-14(15,16)20-11/h2-3,5,8-9,17H,4,6-7H2,1H3,(H,18,19). The quantitative estimate of drug-likeness (QED) is 0.878. The van der Waals surface area contributed by atoms with Crippen LogP contribution in [0, 0.1) is 11.8 Å². The number of piperidine rings is 1. The Hall–Kier alpha value is -1.89. The van der Waals surface area contributed by atoms with Gasteiger partial charge in [0.05, 0.1) is 5.92 Å². The van der Waals surface area contributed by atoms with Crippen LogP contribution < -0.4 is 20.1 Å². The Balaban J connectivity index is 1.67. The van der Waals surface area contributed by atoms with Crippen molar-refractivity contribution in [2.75, 3.05) is 18.4 Å². The van der Waals surface area contributed by atoms with Crippen LogP contribution in [0.5, 0.6) is 11.5 Å². The smallest absolute Gasteiger partial charge is 0.395 e. The average molecular weight is 298 g/mol. The lowest BCUT2D eigenvalue weighted by Gasteiger charge is -2.26. The summed E-state index contributed by atoms with van der Waals surface area (Å²) in [5.41, 5.74) is 0.415. The molecule has 2 unspecified atom stereocenters. The molecule has 1 amide bonds. The molecule has 0 saturated carbocycles. The zero-order valence-corrected chi connectivity index (χ0v) is 11.5. The summed E-state index contributed by atoms with van der Waals surface area (Å²) < 4.78 is 34.5. The molecule has 114 valence electrons.